The fourth-order valence-corrected chi connectivity index (χ4v) is 3.39. The molecule has 112 valence electrons. The Kier molecular flexibility index (Phi) is 4.58. The number of nitrogens with zero attached hydrogens (tertiary/aromatic N) is 1. The van der Waals surface area contributed by atoms with Gasteiger partial charge in [0.1, 0.15) is 5.69 Å². The molecule has 1 saturated carbocycles. The molecule has 1 heterocycles. The van der Waals surface area contributed by atoms with Gasteiger partial charge in [-0.05, 0) is 43.7 Å². The first-order valence-corrected chi connectivity index (χ1v) is 8.38. The molecule has 1 amide bonds. The molecular weight excluding hydrogens is 332 g/mol. The Balaban J connectivity index is 1.52. The lowest BCUT2D eigenvalue weighted by Gasteiger charge is -2.25. The summed E-state index contributed by atoms with van der Waals surface area (Å²) in [6.45, 7) is 0.772. The number of hydrogen-bond donors (Lipinski definition) is 1. The third kappa shape index (κ3) is 3.64. The third-order valence-corrected chi connectivity index (χ3v) is 5.06. The molecule has 1 aliphatic carbocycles. The van der Waals surface area contributed by atoms with Gasteiger partial charge in [-0.1, -0.05) is 33.2 Å². The average Bonchev–Trinajstić information content (AvgIpc) is 2.90. The number of benzene rings is 1. The van der Waals surface area contributed by atoms with Crippen LogP contribution in [0.25, 0.3) is 11.0 Å². The van der Waals surface area contributed by atoms with E-state index in [2.05, 4.69) is 26.4 Å². The number of aromatic nitrogens is 1. The highest BCUT2D eigenvalue weighted by Gasteiger charge is 2.20. The molecule has 0 bridgehead atoms. The Morgan fingerprint density at radius 2 is 2.05 bits per heavy atom. The van der Waals surface area contributed by atoms with Gasteiger partial charge in [-0.2, -0.15) is 0 Å². The molecule has 0 radical (unpaired) electrons. The number of fused-ring (bicyclic) bond motifs is 1. The fraction of sp³-hybridized carbons (Fsp3) is 0.500. The molecule has 3 rings (SSSR count). The summed E-state index contributed by atoms with van der Waals surface area (Å²) >= 11 is 3.65. The summed E-state index contributed by atoms with van der Waals surface area (Å²) in [5, 5.41) is 7.96. The van der Waals surface area contributed by atoms with Gasteiger partial charge in [-0.15, -0.1) is 0 Å². The van der Waals surface area contributed by atoms with Gasteiger partial charge in [-0.3, -0.25) is 4.79 Å². The van der Waals surface area contributed by atoms with Crippen LogP contribution in [0.15, 0.2) is 28.8 Å². The van der Waals surface area contributed by atoms with Crippen LogP contribution >= 0.6 is 15.9 Å². The van der Waals surface area contributed by atoms with Crippen molar-refractivity contribution in [2.24, 2.45) is 5.92 Å². The smallest absolute Gasteiger partial charge is 0.226 e. The van der Waals surface area contributed by atoms with Crippen LogP contribution in [0.4, 0.5) is 0 Å². The number of carbonyl (C=O) groups is 1. The van der Waals surface area contributed by atoms with Crippen molar-refractivity contribution in [2.75, 3.05) is 6.54 Å². The minimum atomic E-state index is 0.0232. The maximum Gasteiger partial charge on any atom is 0.226 e. The van der Waals surface area contributed by atoms with E-state index in [-0.39, 0.29) is 12.3 Å². The van der Waals surface area contributed by atoms with Crippen molar-refractivity contribution in [1.82, 2.24) is 10.5 Å². The Morgan fingerprint density at radius 3 is 2.86 bits per heavy atom. The Labute approximate surface area is 132 Å². The van der Waals surface area contributed by atoms with Gasteiger partial charge in [0.2, 0.25) is 5.91 Å². The van der Waals surface area contributed by atoms with Gasteiger partial charge < -0.3 is 9.84 Å². The number of halogens is 1. The topological polar surface area (TPSA) is 55.1 Å². The Bertz CT molecular complexity index is 618. The lowest BCUT2D eigenvalue weighted by atomic mass is 9.89. The summed E-state index contributed by atoms with van der Waals surface area (Å²) in [7, 11) is 0. The lowest BCUT2D eigenvalue weighted by molar-refractivity contribution is -0.120. The molecule has 0 unspecified atom stereocenters. The monoisotopic (exact) mass is 350 g/mol. The quantitative estimate of drug-likeness (QED) is 0.859. The molecule has 0 aliphatic heterocycles. The molecule has 2 aromatic rings. The molecule has 1 aliphatic rings. The number of alkyl halides is 1. The maximum absolute atomic E-state index is 12.1. The molecule has 0 spiro atoms. The summed E-state index contributed by atoms with van der Waals surface area (Å²) in [5.74, 6) is 0.631. The van der Waals surface area contributed by atoms with E-state index in [9.17, 15) is 4.79 Å². The molecule has 1 fully saturated rings. The summed E-state index contributed by atoms with van der Waals surface area (Å²) < 4.78 is 5.22. The van der Waals surface area contributed by atoms with E-state index in [1.54, 1.807) is 0 Å². The summed E-state index contributed by atoms with van der Waals surface area (Å²) in [6.07, 6.45) is 5.06. The van der Waals surface area contributed by atoms with E-state index >= 15 is 0 Å². The van der Waals surface area contributed by atoms with Crippen molar-refractivity contribution < 1.29 is 9.32 Å². The zero-order chi connectivity index (χ0) is 14.7. The molecule has 1 aromatic heterocycles. The van der Waals surface area contributed by atoms with E-state index in [4.69, 9.17) is 4.52 Å². The minimum absolute atomic E-state index is 0.0232. The van der Waals surface area contributed by atoms with Crippen LogP contribution < -0.4 is 5.32 Å². The van der Waals surface area contributed by atoms with Crippen LogP contribution in [-0.2, 0) is 11.2 Å². The number of amides is 1. The highest BCUT2D eigenvalue weighted by Crippen LogP contribution is 2.28. The van der Waals surface area contributed by atoms with Crippen molar-refractivity contribution in [1.29, 1.82) is 0 Å². The molecule has 4 nitrogen and oxygen atoms in total. The van der Waals surface area contributed by atoms with Crippen molar-refractivity contribution >= 4 is 32.8 Å². The third-order valence-electron chi connectivity index (χ3n) is 4.14. The van der Waals surface area contributed by atoms with Gasteiger partial charge in [0.05, 0.1) is 6.42 Å². The molecule has 1 N–H and O–H groups in total. The van der Waals surface area contributed by atoms with Crippen LogP contribution in [0, 0.1) is 5.92 Å². The zero-order valence-corrected chi connectivity index (χ0v) is 13.4. The van der Waals surface area contributed by atoms with E-state index in [0.717, 1.165) is 17.5 Å². The second-order valence-corrected chi connectivity index (χ2v) is 7.02. The van der Waals surface area contributed by atoms with Crippen LogP contribution in [0.1, 0.15) is 31.4 Å². The van der Waals surface area contributed by atoms with Gasteiger partial charge in [-0.25, -0.2) is 0 Å². The highest BCUT2D eigenvalue weighted by molar-refractivity contribution is 9.09. The van der Waals surface area contributed by atoms with Crippen molar-refractivity contribution in [3.8, 4) is 0 Å². The average molecular weight is 351 g/mol. The zero-order valence-electron chi connectivity index (χ0n) is 11.8. The van der Waals surface area contributed by atoms with E-state index in [0.29, 0.717) is 16.4 Å². The number of carbonyl (C=O) groups excluding carboxylic acids is 1. The summed E-state index contributed by atoms with van der Waals surface area (Å²) in [4.78, 5) is 12.7. The lowest BCUT2D eigenvalue weighted by Crippen LogP contribution is -2.32. The summed E-state index contributed by atoms with van der Waals surface area (Å²) in [6, 6.07) is 7.63. The van der Waals surface area contributed by atoms with Gasteiger partial charge >= 0.3 is 0 Å². The molecule has 0 saturated heterocycles. The summed E-state index contributed by atoms with van der Waals surface area (Å²) in [5.41, 5.74) is 1.45. The maximum atomic E-state index is 12.1. The van der Waals surface area contributed by atoms with Gasteiger partial charge in [0.25, 0.3) is 0 Å². The second kappa shape index (κ2) is 6.60. The largest absolute Gasteiger partial charge is 0.356 e. The minimum Gasteiger partial charge on any atom is -0.356 e. The molecule has 0 atom stereocenters. The van der Waals surface area contributed by atoms with Crippen molar-refractivity contribution in [3.63, 3.8) is 0 Å². The van der Waals surface area contributed by atoms with Crippen LogP contribution in [0.3, 0.4) is 0 Å². The van der Waals surface area contributed by atoms with E-state index in [1.807, 2.05) is 24.3 Å². The van der Waals surface area contributed by atoms with Gasteiger partial charge in [0, 0.05) is 16.8 Å². The fourth-order valence-electron chi connectivity index (χ4n) is 2.86. The van der Waals surface area contributed by atoms with E-state index < -0.39 is 0 Å². The molecular formula is C16H19BrN2O2. The molecule has 21 heavy (non-hydrogen) atoms. The van der Waals surface area contributed by atoms with Crippen molar-refractivity contribution in [3.05, 3.63) is 30.0 Å². The Morgan fingerprint density at radius 1 is 1.29 bits per heavy atom. The highest BCUT2D eigenvalue weighted by atomic mass is 79.9. The molecule has 1 aromatic carbocycles. The number of nitrogens with one attached hydrogen (secondary N) is 1. The first-order chi connectivity index (χ1) is 10.2. The van der Waals surface area contributed by atoms with Crippen LogP contribution in [-0.4, -0.2) is 22.4 Å². The number of hydrogen-bond acceptors (Lipinski definition) is 3. The van der Waals surface area contributed by atoms with Crippen LogP contribution in [0.2, 0.25) is 0 Å². The normalized spacial score (nSPS) is 22.3. The Hall–Kier alpha value is -1.36. The number of para-hydroxylation sites is 1. The SMILES string of the molecule is O=C(Cc1noc2ccccc12)NCC1CCC(Br)CC1. The second-order valence-electron chi connectivity index (χ2n) is 5.72. The standard InChI is InChI=1S/C16H19BrN2O2/c17-12-7-5-11(6-8-12)10-18-16(20)9-14-13-3-1-2-4-15(13)21-19-14/h1-4,11-12H,5-10H2,(H,18,20). The first kappa shape index (κ1) is 14.6. The number of rotatable bonds is 4. The predicted molar refractivity (Wildman–Crippen MR) is 85.4 cm³/mol. The van der Waals surface area contributed by atoms with Crippen molar-refractivity contribution in [2.45, 2.75) is 36.9 Å². The predicted octanol–water partition coefficient (Wildman–Crippen LogP) is 3.44. The van der Waals surface area contributed by atoms with Crippen LogP contribution in [0.5, 0.6) is 0 Å². The first-order valence-electron chi connectivity index (χ1n) is 7.46. The molecule has 5 heteroatoms. The van der Waals surface area contributed by atoms with Gasteiger partial charge in [0.15, 0.2) is 5.58 Å². The van der Waals surface area contributed by atoms with E-state index in [1.165, 1.54) is 25.7 Å².